The Morgan fingerprint density at radius 1 is 1.35 bits per heavy atom. The molecule has 1 amide bonds. The van der Waals surface area contributed by atoms with E-state index < -0.39 is 0 Å². The van der Waals surface area contributed by atoms with Gasteiger partial charge in [-0.1, -0.05) is 0 Å². The number of carbonyl (C=O) groups excluding carboxylic acids is 1. The molecule has 2 atom stereocenters. The molecular formula is C16H24N4O3. The molecule has 7 nitrogen and oxygen atoms in total. The number of piperidine rings is 1. The van der Waals surface area contributed by atoms with Crippen LogP contribution in [-0.4, -0.2) is 47.7 Å². The van der Waals surface area contributed by atoms with Crippen molar-refractivity contribution in [2.75, 3.05) is 24.6 Å². The van der Waals surface area contributed by atoms with Crippen molar-refractivity contribution < 1.29 is 9.53 Å². The molecule has 2 fully saturated rings. The van der Waals surface area contributed by atoms with Gasteiger partial charge in [-0.3, -0.25) is 14.6 Å². The first-order valence-electron chi connectivity index (χ1n) is 8.29. The first-order valence-corrected chi connectivity index (χ1v) is 8.29. The van der Waals surface area contributed by atoms with E-state index in [1.165, 1.54) is 0 Å². The third-order valence-electron chi connectivity index (χ3n) is 4.67. The van der Waals surface area contributed by atoms with E-state index in [0.29, 0.717) is 24.7 Å². The first-order chi connectivity index (χ1) is 11.0. The summed E-state index contributed by atoms with van der Waals surface area (Å²) < 4.78 is 5.43. The summed E-state index contributed by atoms with van der Waals surface area (Å²) in [5.41, 5.74) is 1.29. The smallest absolute Gasteiger partial charge is 0.255 e. The zero-order valence-corrected chi connectivity index (χ0v) is 13.7. The molecule has 2 N–H and O–H groups in total. The molecule has 0 aliphatic carbocycles. The van der Waals surface area contributed by atoms with Crippen LogP contribution in [0.1, 0.15) is 36.9 Å². The zero-order valence-electron chi connectivity index (χ0n) is 13.7. The molecule has 0 radical (unpaired) electrons. The fourth-order valence-corrected chi connectivity index (χ4v) is 3.15. The van der Waals surface area contributed by atoms with Crippen LogP contribution in [0.5, 0.6) is 0 Å². The number of aryl methyl sites for hydroxylation is 1. The number of hydrogen-bond acceptors (Lipinski definition) is 5. The van der Waals surface area contributed by atoms with Gasteiger partial charge in [0.15, 0.2) is 0 Å². The van der Waals surface area contributed by atoms with Crippen LogP contribution < -0.4 is 15.8 Å². The Morgan fingerprint density at radius 2 is 2.17 bits per heavy atom. The summed E-state index contributed by atoms with van der Waals surface area (Å²) in [7, 11) is 0. The van der Waals surface area contributed by atoms with Gasteiger partial charge in [0, 0.05) is 37.0 Å². The van der Waals surface area contributed by atoms with Gasteiger partial charge in [-0.2, -0.15) is 0 Å². The van der Waals surface area contributed by atoms with Gasteiger partial charge in [-0.15, -0.1) is 0 Å². The quantitative estimate of drug-likeness (QED) is 0.854. The molecule has 2 aliphatic heterocycles. The molecule has 1 aromatic heterocycles. The number of carbonyl (C=O) groups is 1. The van der Waals surface area contributed by atoms with Crippen molar-refractivity contribution in [1.82, 2.24) is 15.3 Å². The molecule has 23 heavy (non-hydrogen) atoms. The molecular weight excluding hydrogens is 296 g/mol. The molecule has 126 valence electrons. The highest BCUT2D eigenvalue weighted by atomic mass is 16.5. The second kappa shape index (κ2) is 6.70. The summed E-state index contributed by atoms with van der Waals surface area (Å²) in [5.74, 6) is 0.574. The maximum Gasteiger partial charge on any atom is 0.255 e. The summed E-state index contributed by atoms with van der Waals surface area (Å²) in [6.07, 6.45) is 3.33. The van der Waals surface area contributed by atoms with Crippen molar-refractivity contribution in [3.63, 3.8) is 0 Å². The fraction of sp³-hybridized carbons (Fsp3) is 0.688. The highest BCUT2D eigenvalue weighted by Crippen LogP contribution is 2.17. The van der Waals surface area contributed by atoms with Crippen molar-refractivity contribution in [1.29, 1.82) is 0 Å². The average molecular weight is 320 g/mol. The van der Waals surface area contributed by atoms with Gasteiger partial charge in [0.05, 0.1) is 0 Å². The Hall–Kier alpha value is -1.89. The Morgan fingerprint density at radius 3 is 2.87 bits per heavy atom. The van der Waals surface area contributed by atoms with Crippen molar-refractivity contribution in [2.24, 2.45) is 0 Å². The van der Waals surface area contributed by atoms with Crippen molar-refractivity contribution >= 4 is 11.9 Å². The lowest BCUT2D eigenvalue weighted by Crippen LogP contribution is -2.50. The molecule has 3 rings (SSSR count). The molecule has 7 heteroatoms. The molecule has 0 unspecified atom stereocenters. The summed E-state index contributed by atoms with van der Waals surface area (Å²) >= 11 is 0. The number of H-pyrrole nitrogens is 1. The summed E-state index contributed by atoms with van der Waals surface area (Å²) in [6, 6.07) is 0.0624. The Kier molecular flexibility index (Phi) is 4.66. The molecule has 0 saturated carbocycles. The van der Waals surface area contributed by atoms with Crippen LogP contribution in [0.2, 0.25) is 0 Å². The predicted molar refractivity (Wildman–Crippen MR) is 86.7 cm³/mol. The highest BCUT2D eigenvalue weighted by Gasteiger charge is 2.28. The van der Waals surface area contributed by atoms with Crippen LogP contribution in [0.15, 0.2) is 4.79 Å². The fourth-order valence-electron chi connectivity index (χ4n) is 3.15. The van der Waals surface area contributed by atoms with Gasteiger partial charge in [0.25, 0.3) is 5.56 Å². The van der Waals surface area contributed by atoms with Crippen LogP contribution in [-0.2, 0) is 9.53 Å². The predicted octanol–water partition coefficient (Wildman–Crippen LogP) is 0.651. The van der Waals surface area contributed by atoms with Gasteiger partial charge in [-0.25, -0.2) is 4.98 Å². The van der Waals surface area contributed by atoms with E-state index in [4.69, 9.17) is 4.74 Å². The number of hydrogen-bond donors (Lipinski definition) is 2. The van der Waals surface area contributed by atoms with Gasteiger partial charge in [0.2, 0.25) is 11.9 Å². The summed E-state index contributed by atoms with van der Waals surface area (Å²) in [5, 5.41) is 3.08. The summed E-state index contributed by atoms with van der Waals surface area (Å²) in [6.45, 7) is 5.77. The zero-order chi connectivity index (χ0) is 16.4. The average Bonchev–Trinajstić information content (AvgIpc) is 3.07. The van der Waals surface area contributed by atoms with Gasteiger partial charge < -0.3 is 15.0 Å². The number of nitrogens with zero attached hydrogens (tertiary/aromatic N) is 2. The first kappa shape index (κ1) is 16.0. The molecule has 2 aliphatic rings. The number of nitrogens with one attached hydrogen (secondary N) is 2. The van der Waals surface area contributed by atoms with Crippen LogP contribution in [0.25, 0.3) is 0 Å². The monoisotopic (exact) mass is 320 g/mol. The minimum absolute atomic E-state index is 0.0177. The molecule has 0 aromatic carbocycles. The number of aromatic nitrogens is 2. The molecule has 1 aromatic rings. The number of rotatable bonds is 3. The second-order valence-corrected chi connectivity index (χ2v) is 6.40. The van der Waals surface area contributed by atoms with Crippen molar-refractivity contribution in [2.45, 2.75) is 51.7 Å². The lowest BCUT2D eigenvalue weighted by molar-refractivity contribution is -0.130. The standard InChI is InChI=1S/C16H24N4O3/c1-10-11(2)17-16(19-14(10)21)20-7-3-5-12(9-20)18-15(22)13-6-4-8-23-13/h12-13H,3-9H2,1-2H3,(H,18,22)(H,17,19,21)/t12-,13-/m1/s1. The number of aromatic amines is 1. The van der Waals surface area contributed by atoms with E-state index in [1.54, 1.807) is 6.92 Å². The molecule has 0 spiro atoms. The van der Waals surface area contributed by atoms with E-state index in [2.05, 4.69) is 15.3 Å². The Labute approximate surface area is 135 Å². The SMILES string of the molecule is Cc1nc(N2CCC[C@@H](NC(=O)[C@H]3CCCO3)C2)[nH]c(=O)c1C. The highest BCUT2D eigenvalue weighted by molar-refractivity contribution is 5.81. The van der Waals surface area contributed by atoms with Crippen LogP contribution in [0.3, 0.4) is 0 Å². The molecule has 2 saturated heterocycles. The van der Waals surface area contributed by atoms with Crippen molar-refractivity contribution in [3.05, 3.63) is 21.6 Å². The minimum Gasteiger partial charge on any atom is -0.368 e. The number of amides is 1. The molecule has 0 bridgehead atoms. The Balaban J connectivity index is 1.66. The lowest BCUT2D eigenvalue weighted by atomic mass is 10.1. The third-order valence-corrected chi connectivity index (χ3v) is 4.67. The van der Waals surface area contributed by atoms with E-state index in [-0.39, 0.29) is 23.6 Å². The number of anilines is 1. The van der Waals surface area contributed by atoms with E-state index in [1.807, 2.05) is 11.8 Å². The minimum atomic E-state index is -0.301. The summed E-state index contributed by atoms with van der Waals surface area (Å²) in [4.78, 5) is 33.5. The van der Waals surface area contributed by atoms with Crippen LogP contribution >= 0.6 is 0 Å². The van der Waals surface area contributed by atoms with Crippen LogP contribution in [0.4, 0.5) is 5.95 Å². The van der Waals surface area contributed by atoms with Crippen LogP contribution in [0, 0.1) is 13.8 Å². The van der Waals surface area contributed by atoms with E-state index >= 15 is 0 Å². The van der Waals surface area contributed by atoms with Gasteiger partial charge in [-0.05, 0) is 39.5 Å². The van der Waals surface area contributed by atoms with Gasteiger partial charge in [0.1, 0.15) is 6.10 Å². The topological polar surface area (TPSA) is 87.3 Å². The maximum atomic E-state index is 12.2. The second-order valence-electron chi connectivity index (χ2n) is 6.40. The van der Waals surface area contributed by atoms with Gasteiger partial charge >= 0.3 is 0 Å². The lowest BCUT2D eigenvalue weighted by Gasteiger charge is -2.34. The van der Waals surface area contributed by atoms with E-state index in [0.717, 1.165) is 37.9 Å². The normalized spacial score (nSPS) is 24.7. The molecule has 3 heterocycles. The van der Waals surface area contributed by atoms with E-state index in [9.17, 15) is 9.59 Å². The third kappa shape index (κ3) is 3.55. The maximum absolute atomic E-state index is 12.2. The van der Waals surface area contributed by atoms with Crippen molar-refractivity contribution in [3.8, 4) is 0 Å². The Bertz CT molecular complexity index is 637. The largest absolute Gasteiger partial charge is 0.368 e. The number of ether oxygens (including phenoxy) is 1.